The molecule has 1 aromatic carbocycles. The first-order valence-electron chi connectivity index (χ1n) is 8.70. The van der Waals surface area contributed by atoms with Gasteiger partial charge in [0, 0.05) is 43.3 Å². The summed E-state index contributed by atoms with van der Waals surface area (Å²) in [6.45, 7) is 6.54. The molecule has 24 heavy (non-hydrogen) atoms. The zero-order valence-electron chi connectivity index (χ0n) is 14.1. The van der Waals surface area contributed by atoms with Crippen LogP contribution in [0.2, 0.25) is 0 Å². The van der Waals surface area contributed by atoms with E-state index in [0.29, 0.717) is 12.8 Å². The molecule has 4 rings (SSSR count). The van der Waals surface area contributed by atoms with E-state index in [4.69, 9.17) is 9.47 Å². The predicted molar refractivity (Wildman–Crippen MR) is 92.4 cm³/mol. The smallest absolute Gasteiger partial charge is 0.231 e. The van der Waals surface area contributed by atoms with E-state index in [9.17, 15) is 0 Å². The Hall–Kier alpha value is -2.21. The van der Waals surface area contributed by atoms with Gasteiger partial charge >= 0.3 is 0 Å². The molecule has 0 saturated carbocycles. The van der Waals surface area contributed by atoms with E-state index in [-0.39, 0.29) is 0 Å². The minimum Gasteiger partial charge on any atom is -0.454 e. The van der Waals surface area contributed by atoms with Crippen molar-refractivity contribution in [2.75, 3.05) is 25.2 Å². The van der Waals surface area contributed by atoms with Gasteiger partial charge in [-0.3, -0.25) is 4.90 Å². The number of anilines is 1. The van der Waals surface area contributed by atoms with Gasteiger partial charge in [-0.05, 0) is 38.4 Å². The number of fused-ring (bicyclic) bond motifs is 1. The highest BCUT2D eigenvalue weighted by molar-refractivity contribution is 5.56. The summed E-state index contributed by atoms with van der Waals surface area (Å²) in [5, 5.41) is 3.64. The van der Waals surface area contributed by atoms with E-state index in [1.165, 1.54) is 12.8 Å². The molecule has 2 aromatic rings. The molecule has 0 bridgehead atoms. The fourth-order valence-corrected chi connectivity index (χ4v) is 3.52. The molecule has 2 aliphatic heterocycles. The lowest BCUT2D eigenvalue weighted by molar-refractivity contribution is 0.174. The Balaban J connectivity index is 1.38. The molecule has 1 saturated heterocycles. The van der Waals surface area contributed by atoms with Crippen LogP contribution < -0.4 is 14.8 Å². The zero-order valence-corrected chi connectivity index (χ0v) is 14.1. The number of aromatic nitrogens is 2. The summed E-state index contributed by atoms with van der Waals surface area (Å²) in [5.74, 6) is 2.82. The van der Waals surface area contributed by atoms with Gasteiger partial charge in [0.1, 0.15) is 5.82 Å². The van der Waals surface area contributed by atoms with Crippen molar-refractivity contribution in [3.05, 3.63) is 36.4 Å². The molecule has 1 N–H and O–H groups in total. The molecule has 6 heteroatoms. The first kappa shape index (κ1) is 15.3. The molecule has 3 heterocycles. The highest BCUT2D eigenvalue weighted by Crippen LogP contribution is 2.34. The lowest BCUT2D eigenvalue weighted by Crippen LogP contribution is -2.42. The van der Waals surface area contributed by atoms with Crippen molar-refractivity contribution < 1.29 is 9.47 Å². The second-order valence-corrected chi connectivity index (χ2v) is 6.42. The van der Waals surface area contributed by atoms with Crippen molar-refractivity contribution in [2.45, 2.75) is 38.9 Å². The number of benzene rings is 1. The predicted octanol–water partition coefficient (Wildman–Crippen LogP) is 2.71. The Morgan fingerprint density at radius 3 is 3.12 bits per heavy atom. The topological polar surface area (TPSA) is 51.6 Å². The van der Waals surface area contributed by atoms with Crippen LogP contribution in [0, 0.1) is 0 Å². The van der Waals surface area contributed by atoms with Gasteiger partial charge in [-0.2, -0.15) is 0 Å². The van der Waals surface area contributed by atoms with Gasteiger partial charge < -0.3 is 19.4 Å². The van der Waals surface area contributed by atoms with E-state index in [2.05, 4.69) is 39.0 Å². The number of nitrogens with zero attached hydrogens (tertiary/aromatic N) is 3. The maximum absolute atomic E-state index is 5.46. The molecule has 128 valence electrons. The SMILES string of the molecule is CCn1ccnc1CN1CCCC(Nc2ccc3c(c2)OCO3)C1. The molecule has 1 fully saturated rings. The van der Waals surface area contributed by atoms with Gasteiger partial charge in [-0.25, -0.2) is 4.98 Å². The molecular weight excluding hydrogens is 304 g/mol. The van der Waals surface area contributed by atoms with Crippen molar-refractivity contribution in [3.63, 3.8) is 0 Å². The summed E-state index contributed by atoms with van der Waals surface area (Å²) in [6, 6.07) is 6.52. The minimum absolute atomic E-state index is 0.320. The van der Waals surface area contributed by atoms with Gasteiger partial charge in [0.05, 0.1) is 6.54 Å². The second kappa shape index (κ2) is 6.73. The maximum Gasteiger partial charge on any atom is 0.231 e. The van der Waals surface area contributed by atoms with Crippen molar-refractivity contribution in [1.29, 1.82) is 0 Å². The lowest BCUT2D eigenvalue weighted by Gasteiger charge is -2.33. The summed E-state index contributed by atoms with van der Waals surface area (Å²) in [7, 11) is 0. The summed E-state index contributed by atoms with van der Waals surface area (Å²) < 4.78 is 13.1. The van der Waals surface area contributed by atoms with Crippen LogP contribution in [-0.2, 0) is 13.1 Å². The molecule has 0 amide bonds. The number of imidazole rings is 1. The van der Waals surface area contributed by atoms with E-state index in [1.807, 2.05) is 18.3 Å². The number of hydrogen-bond donors (Lipinski definition) is 1. The van der Waals surface area contributed by atoms with Gasteiger partial charge in [-0.15, -0.1) is 0 Å². The van der Waals surface area contributed by atoms with Crippen LogP contribution in [0.4, 0.5) is 5.69 Å². The van der Waals surface area contributed by atoms with E-state index in [1.54, 1.807) is 0 Å². The molecule has 1 aromatic heterocycles. The van der Waals surface area contributed by atoms with E-state index >= 15 is 0 Å². The Morgan fingerprint density at radius 2 is 2.21 bits per heavy atom. The van der Waals surface area contributed by atoms with Crippen molar-refractivity contribution in [1.82, 2.24) is 14.5 Å². The average Bonchev–Trinajstić information content (AvgIpc) is 3.23. The normalized spacial score (nSPS) is 20.3. The van der Waals surface area contributed by atoms with Crippen LogP contribution in [0.25, 0.3) is 0 Å². The van der Waals surface area contributed by atoms with Gasteiger partial charge in [0.2, 0.25) is 6.79 Å². The largest absolute Gasteiger partial charge is 0.454 e. The Morgan fingerprint density at radius 1 is 1.29 bits per heavy atom. The number of ether oxygens (including phenoxy) is 2. The molecule has 1 unspecified atom stereocenters. The summed E-state index contributed by atoms with van der Waals surface area (Å²) in [4.78, 5) is 6.99. The van der Waals surface area contributed by atoms with Gasteiger partial charge in [-0.1, -0.05) is 0 Å². The van der Waals surface area contributed by atoms with E-state index in [0.717, 1.165) is 49.2 Å². The summed E-state index contributed by atoms with van der Waals surface area (Å²) in [6.07, 6.45) is 6.34. The first-order valence-corrected chi connectivity index (χ1v) is 8.70. The Kier molecular flexibility index (Phi) is 4.30. The van der Waals surface area contributed by atoms with Gasteiger partial charge in [0.15, 0.2) is 11.5 Å². The third kappa shape index (κ3) is 3.19. The fourth-order valence-electron chi connectivity index (χ4n) is 3.52. The average molecular weight is 328 g/mol. The molecular formula is C18H24N4O2. The Bertz CT molecular complexity index is 700. The van der Waals surface area contributed by atoms with Crippen LogP contribution in [0.3, 0.4) is 0 Å². The second-order valence-electron chi connectivity index (χ2n) is 6.42. The van der Waals surface area contributed by atoms with Crippen LogP contribution >= 0.6 is 0 Å². The molecule has 0 spiro atoms. The van der Waals surface area contributed by atoms with Crippen LogP contribution in [0.15, 0.2) is 30.6 Å². The third-order valence-corrected chi connectivity index (χ3v) is 4.76. The van der Waals surface area contributed by atoms with Crippen LogP contribution in [-0.4, -0.2) is 40.4 Å². The number of nitrogens with one attached hydrogen (secondary N) is 1. The molecule has 0 aliphatic carbocycles. The maximum atomic E-state index is 5.46. The molecule has 2 aliphatic rings. The van der Waals surface area contributed by atoms with Crippen molar-refractivity contribution >= 4 is 5.69 Å². The lowest BCUT2D eigenvalue weighted by atomic mass is 10.1. The van der Waals surface area contributed by atoms with Crippen molar-refractivity contribution in [3.8, 4) is 11.5 Å². The zero-order chi connectivity index (χ0) is 16.4. The molecule has 1 atom stereocenters. The number of piperidine rings is 1. The standard InChI is InChI=1S/C18H24N4O2/c1-2-22-9-7-19-18(22)12-21-8-3-4-15(11-21)20-14-5-6-16-17(10-14)24-13-23-16/h5-7,9-10,15,20H,2-4,8,11-13H2,1H3. The monoisotopic (exact) mass is 328 g/mol. The molecule has 6 nitrogen and oxygen atoms in total. The highest BCUT2D eigenvalue weighted by atomic mass is 16.7. The minimum atomic E-state index is 0.320. The van der Waals surface area contributed by atoms with Crippen LogP contribution in [0.1, 0.15) is 25.6 Å². The van der Waals surface area contributed by atoms with Crippen molar-refractivity contribution in [2.24, 2.45) is 0 Å². The first-order chi connectivity index (χ1) is 11.8. The highest BCUT2D eigenvalue weighted by Gasteiger charge is 2.22. The summed E-state index contributed by atoms with van der Waals surface area (Å²) >= 11 is 0. The van der Waals surface area contributed by atoms with Crippen LogP contribution in [0.5, 0.6) is 11.5 Å². The fraction of sp³-hybridized carbons (Fsp3) is 0.500. The summed E-state index contributed by atoms with van der Waals surface area (Å²) in [5.41, 5.74) is 1.10. The third-order valence-electron chi connectivity index (χ3n) is 4.76. The number of hydrogen-bond acceptors (Lipinski definition) is 5. The number of likely N-dealkylation sites (tertiary alicyclic amines) is 1. The molecule has 0 radical (unpaired) electrons. The number of aryl methyl sites for hydroxylation is 1. The Labute approximate surface area is 142 Å². The van der Waals surface area contributed by atoms with Gasteiger partial charge in [0.25, 0.3) is 0 Å². The quantitative estimate of drug-likeness (QED) is 0.914. The van der Waals surface area contributed by atoms with E-state index < -0.39 is 0 Å². The number of rotatable bonds is 5.